The summed E-state index contributed by atoms with van der Waals surface area (Å²) in [7, 11) is 4.39. The molecule has 0 radical (unpaired) electrons. The Balaban J connectivity index is 1.10. The quantitative estimate of drug-likeness (QED) is 0.195. The fourth-order valence-electron chi connectivity index (χ4n) is 13.8. The third kappa shape index (κ3) is 3.62. The van der Waals surface area contributed by atoms with Crippen LogP contribution in [-0.2, 0) is 29.9 Å². The van der Waals surface area contributed by atoms with Gasteiger partial charge in [-0.2, -0.15) is 0 Å². The van der Waals surface area contributed by atoms with Crippen molar-refractivity contribution in [3.05, 3.63) is 76.0 Å². The highest BCUT2D eigenvalue weighted by Gasteiger charge is 2.74. The number of phenols is 1. The number of nitrogens with zero attached hydrogens (tertiary/aromatic N) is 2. The molecule has 9 aliphatic rings. The SMILES string of the molecule is CC[C@]12C=CCN3CC[C@]4(C(=C(C(=O)OC)C1)Nc1cc5c(cc14)[C@@H]1[C@H](O5)[C@@H](O)[C@@]4(CC)C=C(C(=O)OC)C5Nc6c(ccc(OC)c6O)[C@@]56CCN1[C@@H]46)[C@@H]32. The first-order chi connectivity index (χ1) is 26.6. The minimum absolute atomic E-state index is 0.00798. The normalized spacial score (nSPS) is 39.2. The van der Waals surface area contributed by atoms with E-state index < -0.39 is 40.5 Å². The van der Waals surface area contributed by atoms with Gasteiger partial charge in [0.05, 0.1) is 55.7 Å². The maximum Gasteiger partial charge on any atom is 0.335 e. The lowest BCUT2D eigenvalue weighted by molar-refractivity contribution is -0.152. The van der Waals surface area contributed by atoms with Crippen molar-refractivity contribution in [2.45, 2.75) is 93.2 Å². The number of anilines is 2. The van der Waals surface area contributed by atoms with Crippen molar-refractivity contribution in [2.75, 3.05) is 51.6 Å². The molecule has 1 unspecified atom stereocenters. The molecule has 55 heavy (non-hydrogen) atoms. The van der Waals surface area contributed by atoms with E-state index in [9.17, 15) is 19.8 Å². The highest BCUT2D eigenvalue weighted by atomic mass is 16.5. The summed E-state index contributed by atoms with van der Waals surface area (Å²) < 4.78 is 23.3. The largest absolute Gasteiger partial charge is 0.503 e. The molecule has 2 aromatic carbocycles. The molecule has 7 aliphatic heterocycles. The predicted molar refractivity (Wildman–Crippen MR) is 202 cm³/mol. The fraction of sp³-hybridized carbons (Fsp3) is 0.535. The van der Waals surface area contributed by atoms with Crippen LogP contribution < -0.4 is 20.1 Å². The van der Waals surface area contributed by atoms with Gasteiger partial charge in [-0.1, -0.05) is 38.1 Å². The molecule has 12 nitrogen and oxygen atoms in total. The van der Waals surface area contributed by atoms with Crippen LogP contribution in [0.5, 0.6) is 17.2 Å². The zero-order chi connectivity index (χ0) is 38.0. The number of ether oxygens (including phenoxy) is 4. The van der Waals surface area contributed by atoms with Gasteiger partial charge >= 0.3 is 11.9 Å². The zero-order valence-electron chi connectivity index (χ0n) is 31.9. The lowest BCUT2D eigenvalue weighted by atomic mass is 9.51. The summed E-state index contributed by atoms with van der Waals surface area (Å²) in [6.45, 7) is 6.80. The molecule has 3 saturated heterocycles. The lowest BCUT2D eigenvalue weighted by Crippen LogP contribution is -2.71. The Hall–Kier alpha value is -4.52. The van der Waals surface area contributed by atoms with Gasteiger partial charge in [-0.05, 0) is 55.4 Å². The molecule has 3 fully saturated rings. The fourth-order valence-corrected chi connectivity index (χ4v) is 13.8. The molecule has 0 amide bonds. The minimum Gasteiger partial charge on any atom is -0.503 e. The summed E-state index contributed by atoms with van der Waals surface area (Å²) in [6.07, 6.45) is 8.69. The molecule has 12 heteroatoms. The van der Waals surface area contributed by atoms with Crippen molar-refractivity contribution in [3.63, 3.8) is 0 Å². The van der Waals surface area contributed by atoms with Crippen molar-refractivity contribution in [1.82, 2.24) is 9.80 Å². The van der Waals surface area contributed by atoms with Crippen LogP contribution in [0.2, 0.25) is 0 Å². The van der Waals surface area contributed by atoms with Gasteiger partial charge in [0.15, 0.2) is 11.5 Å². The zero-order valence-corrected chi connectivity index (χ0v) is 31.9. The van der Waals surface area contributed by atoms with Gasteiger partial charge in [-0.25, -0.2) is 9.59 Å². The molecule has 2 aromatic rings. The Morgan fingerprint density at radius 3 is 2.58 bits per heavy atom. The second-order valence-electron chi connectivity index (χ2n) is 17.3. The summed E-state index contributed by atoms with van der Waals surface area (Å²) in [6, 6.07) is 7.42. The summed E-state index contributed by atoms with van der Waals surface area (Å²) in [4.78, 5) is 32.5. The number of phenolic OH excluding ortho intramolecular Hbond substituents is 1. The number of aliphatic hydroxyl groups is 1. The third-order valence-electron chi connectivity index (χ3n) is 15.9. The lowest BCUT2D eigenvalue weighted by Gasteiger charge is -2.60. The highest BCUT2D eigenvalue weighted by Crippen LogP contribution is 2.70. The predicted octanol–water partition coefficient (Wildman–Crippen LogP) is 4.43. The standard InChI is InChI=1S/C43H48N4O8/c1-6-40-11-8-14-46-15-12-43(38(40)46)25-17-21-28(18-26(25)44-33(43)22(19-40)36(50)53-4)55-32-30(21)47-16-13-42-24-9-10-27(52-3)31(48)29(24)45-34(42)23(37(51)54-5)20-41(7-2,35(32)49)39(42)47/h8-11,17-18,20,30,32,34-35,38-39,44-45,48-49H,6-7,12-16,19H2,1-5H3/t30-,32+,34?,35-,38+,39+,40+,41-,42+,43+/m1/s1. The summed E-state index contributed by atoms with van der Waals surface area (Å²) in [5.41, 5.74) is 4.59. The maximum absolute atomic E-state index is 13.7. The minimum atomic E-state index is -0.960. The molecule has 2 spiro atoms. The molecular formula is C43H48N4O8. The van der Waals surface area contributed by atoms with Crippen molar-refractivity contribution in [1.29, 1.82) is 0 Å². The first-order valence-corrected chi connectivity index (χ1v) is 19.9. The van der Waals surface area contributed by atoms with Crippen molar-refractivity contribution in [3.8, 4) is 17.2 Å². The first-order valence-electron chi connectivity index (χ1n) is 19.9. The van der Waals surface area contributed by atoms with Gasteiger partial charge in [0.2, 0.25) is 0 Å². The Kier molecular flexibility index (Phi) is 6.67. The topological polar surface area (TPSA) is 142 Å². The smallest absolute Gasteiger partial charge is 0.335 e. The van der Waals surface area contributed by atoms with E-state index in [0.29, 0.717) is 42.8 Å². The van der Waals surface area contributed by atoms with Crippen LogP contribution in [0.25, 0.3) is 0 Å². The number of fused-ring (bicyclic) bond motifs is 6. The summed E-state index contributed by atoms with van der Waals surface area (Å²) in [5.74, 6) is 0.344. The average molecular weight is 749 g/mol. The number of rotatable bonds is 5. The number of carbonyl (C=O) groups is 2. The van der Waals surface area contributed by atoms with Gasteiger partial charge in [0.25, 0.3) is 0 Å². The Morgan fingerprint density at radius 2 is 1.84 bits per heavy atom. The molecular weight excluding hydrogens is 700 g/mol. The molecule has 0 bridgehead atoms. The molecule has 288 valence electrons. The van der Waals surface area contributed by atoms with E-state index in [-0.39, 0.29) is 35.3 Å². The number of carbonyl (C=O) groups excluding carboxylic acids is 2. The second kappa shape index (κ2) is 10.9. The number of methoxy groups -OCH3 is 3. The van der Waals surface area contributed by atoms with Gasteiger partial charge < -0.3 is 39.8 Å². The van der Waals surface area contributed by atoms with E-state index >= 15 is 0 Å². The van der Waals surface area contributed by atoms with E-state index in [2.05, 4.69) is 58.6 Å². The second-order valence-corrected chi connectivity index (χ2v) is 17.3. The molecule has 0 saturated carbocycles. The van der Waals surface area contributed by atoms with Gasteiger partial charge in [-0.3, -0.25) is 9.80 Å². The van der Waals surface area contributed by atoms with E-state index in [1.807, 2.05) is 12.1 Å². The highest BCUT2D eigenvalue weighted by molar-refractivity contribution is 5.95. The molecule has 2 aliphatic carbocycles. The van der Waals surface area contributed by atoms with Crippen molar-refractivity contribution in [2.24, 2.45) is 10.8 Å². The Labute approximate surface area is 320 Å². The van der Waals surface area contributed by atoms with Crippen LogP contribution >= 0.6 is 0 Å². The van der Waals surface area contributed by atoms with Gasteiger partial charge in [0, 0.05) is 71.0 Å². The molecule has 0 aromatic heterocycles. The van der Waals surface area contributed by atoms with Gasteiger partial charge in [0.1, 0.15) is 18.0 Å². The van der Waals surface area contributed by atoms with E-state index in [1.54, 1.807) is 6.07 Å². The number of piperidine rings is 1. The van der Waals surface area contributed by atoms with E-state index in [0.717, 1.165) is 59.8 Å². The van der Waals surface area contributed by atoms with Gasteiger partial charge in [-0.15, -0.1) is 0 Å². The van der Waals surface area contributed by atoms with Crippen LogP contribution in [0.15, 0.2) is 59.3 Å². The van der Waals surface area contributed by atoms with Crippen molar-refractivity contribution < 1.29 is 38.7 Å². The number of hydrogen-bond acceptors (Lipinski definition) is 12. The third-order valence-corrected chi connectivity index (χ3v) is 15.9. The number of aliphatic hydroxyl groups excluding tert-OH is 1. The van der Waals surface area contributed by atoms with E-state index in [1.165, 1.54) is 26.9 Å². The number of esters is 2. The number of hydrogen-bond donors (Lipinski definition) is 4. The van der Waals surface area contributed by atoms with Crippen LogP contribution in [0, 0.1) is 10.8 Å². The summed E-state index contributed by atoms with van der Waals surface area (Å²) >= 11 is 0. The number of aromatic hydroxyl groups is 1. The maximum atomic E-state index is 13.7. The molecule has 4 N–H and O–H groups in total. The molecule has 11 rings (SSSR count). The molecule has 7 heterocycles. The first kappa shape index (κ1) is 33.8. The Bertz CT molecular complexity index is 2220. The van der Waals surface area contributed by atoms with E-state index in [4.69, 9.17) is 18.9 Å². The number of benzene rings is 2. The van der Waals surface area contributed by atoms with Crippen LogP contribution in [0.4, 0.5) is 11.4 Å². The van der Waals surface area contributed by atoms with Crippen molar-refractivity contribution >= 4 is 23.3 Å². The monoisotopic (exact) mass is 748 g/mol. The van der Waals surface area contributed by atoms with Crippen LogP contribution in [0.3, 0.4) is 0 Å². The summed E-state index contributed by atoms with van der Waals surface area (Å²) in [5, 5.41) is 31.7. The Morgan fingerprint density at radius 1 is 1.02 bits per heavy atom. The average Bonchev–Trinajstić information content (AvgIpc) is 4.03. The van der Waals surface area contributed by atoms with Crippen LogP contribution in [0.1, 0.15) is 68.7 Å². The van der Waals surface area contributed by atoms with Crippen LogP contribution in [-0.4, -0.2) is 103 Å². The molecule has 10 atom stereocenters. The number of nitrogens with one attached hydrogen (secondary N) is 2.